The van der Waals surface area contributed by atoms with Crippen LogP contribution < -0.4 is 5.32 Å². The lowest BCUT2D eigenvalue weighted by molar-refractivity contribution is 0.102. The zero-order chi connectivity index (χ0) is 17.0. The highest BCUT2D eigenvalue weighted by Crippen LogP contribution is 2.27. The monoisotopic (exact) mass is 459 g/mol. The first-order chi connectivity index (χ1) is 10.8. The van der Waals surface area contributed by atoms with E-state index in [9.17, 15) is 13.2 Å². The van der Waals surface area contributed by atoms with Crippen LogP contribution in [0.15, 0.2) is 56.3 Å². The molecule has 0 saturated carbocycles. The largest absolute Gasteiger partial charge is 0.321 e. The van der Waals surface area contributed by atoms with Crippen LogP contribution in [0.3, 0.4) is 0 Å². The number of rotatable bonds is 5. The highest BCUT2D eigenvalue weighted by Gasteiger charge is 2.21. The molecule has 0 atom stereocenters. The number of anilines is 1. The fraction of sp³-hybridized carbons (Fsp3) is 0.188. The van der Waals surface area contributed by atoms with E-state index >= 15 is 0 Å². The Bertz CT molecular complexity index is 835. The molecule has 0 aromatic heterocycles. The van der Waals surface area contributed by atoms with Crippen molar-refractivity contribution in [3.8, 4) is 0 Å². The Morgan fingerprint density at radius 3 is 2.52 bits per heavy atom. The standard InChI is InChI=1S/C16H15Br2NO3S/c1-2-9-23(21,22)15-6-4-3-5-12(15)16(20)19-14-10-11(17)7-8-13(14)18/h3-8,10H,2,9H2,1H3,(H,19,20). The van der Waals surface area contributed by atoms with E-state index in [1.54, 1.807) is 31.2 Å². The Balaban J connectivity index is 2.39. The Hall–Kier alpha value is -1.18. The molecule has 0 aliphatic carbocycles. The summed E-state index contributed by atoms with van der Waals surface area (Å²) in [6.07, 6.45) is 0.496. The Morgan fingerprint density at radius 2 is 1.83 bits per heavy atom. The SMILES string of the molecule is CCCS(=O)(=O)c1ccccc1C(=O)Nc1cc(Br)ccc1Br. The van der Waals surface area contributed by atoms with Gasteiger partial charge in [0.05, 0.1) is 21.9 Å². The molecule has 0 saturated heterocycles. The maximum absolute atomic E-state index is 12.5. The number of benzene rings is 2. The summed E-state index contributed by atoms with van der Waals surface area (Å²) >= 11 is 6.70. The van der Waals surface area contributed by atoms with E-state index in [0.717, 1.165) is 4.47 Å². The van der Waals surface area contributed by atoms with E-state index in [1.807, 2.05) is 6.07 Å². The van der Waals surface area contributed by atoms with Gasteiger partial charge in [-0.25, -0.2) is 8.42 Å². The smallest absolute Gasteiger partial charge is 0.257 e. The van der Waals surface area contributed by atoms with Crippen LogP contribution in [0.1, 0.15) is 23.7 Å². The van der Waals surface area contributed by atoms with E-state index < -0.39 is 15.7 Å². The molecule has 2 aromatic rings. The van der Waals surface area contributed by atoms with Crippen LogP contribution in [0.2, 0.25) is 0 Å². The van der Waals surface area contributed by atoms with Crippen LogP contribution in [-0.4, -0.2) is 20.1 Å². The molecule has 2 aromatic carbocycles. The summed E-state index contributed by atoms with van der Waals surface area (Å²) in [4.78, 5) is 12.6. The van der Waals surface area contributed by atoms with Crippen molar-refractivity contribution in [2.45, 2.75) is 18.2 Å². The number of amides is 1. The van der Waals surface area contributed by atoms with Gasteiger partial charge in [0.15, 0.2) is 9.84 Å². The van der Waals surface area contributed by atoms with Crippen LogP contribution >= 0.6 is 31.9 Å². The molecule has 0 bridgehead atoms. The normalized spacial score (nSPS) is 11.3. The van der Waals surface area contributed by atoms with Gasteiger partial charge in [-0.3, -0.25) is 4.79 Å². The summed E-state index contributed by atoms with van der Waals surface area (Å²) in [6, 6.07) is 11.6. The number of nitrogens with one attached hydrogen (secondary N) is 1. The van der Waals surface area contributed by atoms with E-state index in [2.05, 4.69) is 37.2 Å². The van der Waals surface area contributed by atoms with Crippen molar-refractivity contribution in [1.82, 2.24) is 0 Å². The number of hydrogen-bond acceptors (Lipinski definition) is 3. The fourth-order valence-electron chi connectivity index (χ4n) is 2.09. The molecular weight excluding hydrogens is 446 g/mol. The van der Waals surface area contributed by atoms with E-state index in [1.165, 1.54) is 12.1 Å². The molecule has 0 spiro atoms. The number of halogens is 2. The second kappa shape index (κ2) is 7.59. The van der Waals surface area contributed by atoms with Crippen molar-refractivity contribution in [3.05, 3.63) is 57.0 Å². The molecule has 0 radical (unpaired) electrons. The van der Waals surface area contributed by atoms with Crippen LogP contribution in [0, 0.1) is 0 Å². The average Bonchev–Trinajstić information content (AvgIpc) is 2.51. The Morgan fingerprint density at radius 1 is 1.13 bits per heavy atom. The highest BCUT2D eigenvalue weighted by molar-refractivity contribution is 9.11. The minimum atomic E-state index is -3.48. The van der Waals surface area contributed by atoms with Crippen molar-refractivity contribution in [1.29, 1.82) is 0 Å². The average molecular weight is 461 g/mol. The van der Waals surface area contributed by atoms with Crippen LogP contribution in [-0.2, 0) is 9.84 Å². The van der Waals surface area contributed by atoms with Gasteiger partial charge in [0.1, 0.15) is 0 Å². The van der Waals surface area contributed by atoms with Crippen molar-refractivity contribution < 1.29 is 13.2 Å². The maximum Gasteiger partial charge on any atom is 0.257 e. The molecule has 2 rings (SSSR count). The third-order valence-corrected chi connectivity index (χ3v) is 6.27. The lowest BCUT2D eigenvalue weighted by Gasteiger charge is -2.12. The van der Waals surface area contributed by atoms with Gasteiger partial charge in [0.2, 0.25) is 0 Å². The first kappa shape index (κ1) is 18.2. The van der Waals surface area contributed by atoms with Crippen LogP contribution in [0.4, 0.5) is 5.69 Å². The summed E-state index contributed by atoms with van der Waals surface area (Å²) in [5.74, 6) is -0.447. The summed E-state index contributed by atoms with van der Waals surface area (Å²) in [5.41, 5.74) is 0.708. The van der Waals surface area contributed by atoms with E-state index in [0.29, 0.717) is 16.6 Å². The van der Waals surface area contributed by atoms with E-state index in [-0.39, 0.29) is 16.2 Å². The summed E-state index contributed by atoms with van der Waals surface area (Å²) < 4.78 is 26.2. The van der Waals surface area contributed by atoms with Gasteiger partial charge in [-0.1, -0.05) is 35.0 Å². The van der Waals surface area contributed by atoms with Gasteiger partial charge in [0, 0.05) is 8.95 Å². The lowest BCUT2D eigenvalue weighted by atomic mass is 10.2. The summed E-state index contributed by atoms with van der Waals surface area (Å²) in [7, 11) is -3.48. The molecule has 4 nitrogen and oxygen atoms in total. The zero-order valence-corrected chi connectivity index (χ0v) is 16.3. The molecule has 0 fully saturated rings. The van der Waals surface area contributed by atoms with Crippen molar-refractivity contribution in [3.63, 3.8) is 0 Å². The number of hydrogen-bond donors (Lipinski definition) is 1. The third kappa shape index (κ3) is 4.43. The second-order valence-corrected chi connectivity index (χ2v) is 8.74. The Kier molecular flexibility index (Phi) is 6.00. The van der Waals surface area contributed by atoms with E-state index in [4.69, 9.17) is 0 Å². The highest BCUT2D eigenvalue weighted by atomic mass is 79.9. The topological polar surface area (TPSA) is 63.2 Å². The lowest BCUT2D eigenvalue weighted by Crippen LogP contribution is -2.18. The molecule has 7 heteroatoms. The molecule has 0 heterocycles. The predicted octanol–water partition coefficient (Wildman–Crippen LogP) is 4.65. The van der Waals surface area contributed by atoms with Gasteiger partial charge >= 0.3 is 0 Å². The van der Waals surface area contributed by atoms with Crippen molar-refractivity contribution >= 4 is 53.3 Å². The van der Waals surface area contributed by atoms with Gasteiger partial charge in [0.25, 0.3) is 5.91 Å². The van der Waals surface area contributed by atoms with Gasteiger partial charge in [-0.05, 0) is 52.7 Å². The first-order valence-corrected chi connectivity index (χ1v) is 10.2. The van der Waals surface area contributed by atoms with Crippen molar-refractivity contribution in [2.75, 3.05) is 11.1 Å². The number of carbonyl (C=O) groups excluding carboxylic acids is 1. The quantitative estimate of drug-likeness (QED) is 0.706. The maximum atomic E-state index is 12.5. The predicted molar refractivity (Wildman–Crippen MR) is 98.6 cm³/mol. The van der Waals surface area contributed by atoms with Gasteiger partial charge in [-0.15, -0.1) is 0 Å². The van der Waals surface area contributed by atoms with Crippen molar-refractivity contribution in [2.24, 2.45) is 0 Å². The van der Waals surface area contributed by atoms with Crippen LogP contribution in [0.5, 0.6) is 0 Å². The summed E-state index contributed by atoms with van der Waals surface area (Å²) in [5, 5.41) is 2.74. The number of sulfone groups is 1. The third-order valence-electron chi connectivity index (χ3n) is 3.12. The van der Waals surface area contributed by atoms with Gasteiger partial charge < -0.3 is 5.32 Å². The molecule has 0 aliphatic heterocycles. The second-order valence-electron chi connectivity index (χ2n) is 4.89. The molecular formula is C16H15Br2NO3S. The molecule has 122 valence electrons. The minimum Gasteiger partial charge on any atom is -0.321 e. The van der Waals surface area contributed by atoms with Crippen LogP contribution in [0.25, 0.3) is 0 Å². The molecule has 23 heavy (non-hydrogen) atoms. The van der Waals surface area contributed by atoms with Gasteiger partial charge in [-0.2, -0.15) is 0 Å². The number of carbonyl (C=O) groups is 1. The minimum absolute atomic E-state index is 0.0118. The zero-order valence-electron chi connectivity index (χ0n) is 12.3. The first-order valence-electron chi connectivity index (χ1n) is 6.93. The molecule has 1 N–H and O–H groups in total. The molecule has 0 unspecified atom stereocenters. The fourth-order valence-corrected chi connectivity index (χ4v) is 4.33. The summed E-state index contributed by atoms with van der Waals surface area (Å²) in [6.45, 7) is 1.79. The Labute approximate surface area is 152 Å². The molecule has 0 aliphatic rings. The molecule has 1 amide bonds.